The molecule has 0 aliphatic heterocycles. The molecule has 1 heterocycles. The molecule has 5 nitrogen and oxygen atoms in total. The van der Waals surface area contributed by atoms with Gasteiger partial charge in [0.2, 0.25) is 5.91 Å². The van der Waals surface area contributed by atoms with Gasteiger partial charge in [-0.05, 0) is 44.0 Å². The molecule has 0 aliphatic carbocycles. The van der Waals surface area contributed by atoms with Gasteiger partial charge in [-0.1, -0.05) is 57.5 Å². The molecule has 1 aromatic heterocycles. The number of thioether (sulfide) groups is 1. The second-order valence-corrected chi connectivity index (χ2v) is 8.34. The lowest BCUT2D eigenvalue weighted by molar-refractivity contribution is -0.113. The van der Waals surface area contributed by atoms with Crippen LogP contribution in [0.3, 0.4) is 0 Å². The van der Waals surface area contributed by atoms with Crippen molar-refractivity contribution in [1.29, 1.82) is 0 Å². The smallest absolute Gasteiger partial charge is 0.234 e. The summed E-state index contributed by atoms with van der Waals surface area (Å²) in [7, 11) is 1.92. The molecule has 1 N–H and O–H groups in total. The highest BCUT2D eigenvalue weighted by atomic mass is 79.9. The third-order valence-corrected chi connectivity index (χ3v) is 5.72. The minimum absolute atomic E-state index is 0.0617. The summed E-state index contributed by atoms with van der Waals surface area (Å²) in [5.41, 5.74) is 5.13. The van der Waals surface area contributed by atoms with E-state index in [-0.39, 0.29) is 11.7 Å². The first kappa shape index (κ1) is 19.6. The maximum Gasteiger partial charge on any atom is 0.234 e. The number of amides is 1. The molecule has 1 amide bonds. The number of anilines is 1. The lowest BCUT2D eigenvalue weighted by Crippen LogP contribution is -2.16. The van der Waals surface area contributed by atoms with Gasteiger partial charge in [-0.3, -0.25) is 4.79 Å². The minimum Gasteiger partial charge on any atom is -0.325 e. The van der Waals surface area contributed by atoms with Gasteiger partial charge in [0.15, 0.2) is 11.0 Å². The standard InChI is InChI=1S/C20H21BrN4OS/c1-12-5-7-15(8-6-12)19-23-24-20(25(19)4)27-11-17(26)22-18-13(2)9-16(21)10-14(18)3/h5-10H,11H2,1-4H3,(H,22,26). The first-order valence-corrected chi connectivity index (χ1v) is 10.3. The number of aryl methyl sites for hydroxylation is 3. The number of rotatable bonds is 5. The van der Waals surface area contributed by atoms with Crippen LogP contribution in [0.1, 0.15) is 16.7 Å². The van der Waals surface area contributed by atoms with E-state index in [0.717, 1.165) is 32.7 Å². The van der Waals surface area contributed by atoms with E-state index in [1.807, 2.05) is 61.9 Å². The molecule has 2 aromatic carbocycles. The van der Waals surface area contributed by atoms with Crippen LogP contribution >= 0.6 is 27.7 Å². The maximum atomic E-state index is 12.4. The molecule has 27 heavy (non-hydrogen) atoms. The molecule has 0 saturated heterocycles. The van der Waals surface area contributed by atoms with Crippen LogP contribution in [-0.4, -0.2) is 26.4 Å². The average molecular weight is 445 g/mol. The number of aromatic nitrogens is 3. The minimum atomic E-state index is -0.0617. The number of nitrogens with one attached hydrogen (secondary N) is 1. The van der Waals surface area contributed by atoms with E-state index < -0.39 is 0 Å². The highest BCUT2D eigenvalue weighted by Crippen LogP contribution is 2.26. The maximum absolute atomic E-state index is 12.4. The van der Waals surface area contributed by atoms with Crippen LogP contribution in [0, 0.1) is 20.8 Å². The zero-order chi connectivity index (χ0) is 19.6. The van der Waals surface area contributed by atoms with Gasteiger partial charge in [0.25, 0.3) is 0 Å². The van der Waals surface area contributed by atoms with Crippen molar-refractivity contribution < 1.29 is 4.79 Å². The lowest BCUT2D eigenvalue weighted by atomic mass is 10.1. The Labute approximate surface area is 171 Å². The van der Waals surface area contributed by atoms with E-state index in [1.54, 1.807) is 0 Å². The summed E-state index contributed by atoms with van der Waals surface area (Å²) >= 11 is 4.85. The van der Waals surface area contributed by atoms with Crippen molar-refractivity contribution in [3.63, 3.8) is 0 Å². The molecule has 7 heteroatoms. The molecule has 0 spiro atoms. The van der Waals surface area contributed by atoms with Crippen molar-refractivity contribution >= 4 is 39.3 Å². The van der Waals surface area contributed by atoms with Crippen molar-refractivity contribution in [2.24, 2.45) is 7.05 Å². The highest BCUT2D eigenvalue weighted by Gasteiger charge is 2.14. The molecule has 140 valence electrons. The van der Waals surface area contributed by atoms with E-state index in [9.17, 15) is 4.79 Å². The third kappa shape index (κ3) is 4.59. The SMILES string of the molecule is Cc1ccc(-c2nnc(SCC(=O)Nc3c(C)cc(Br)cc3C)n2C)cc1. The van der Waals surface area contributed by atoms with Gasteiger partial charge < -0.3 is 9.88 Å². The largest absolute Gasteiger partial charge is 0.325 e. The summed E-state index contributed by atoms with van der Waals surface area (Å²) < 4.78 is 2.92. The highest BCUT2D eigenvalue weighted by molar-refractivity contribution is 9.10. The van der Waals surface area contributed by atoms with E-state index in [0.29, 0.717) is 5.16 Å². The zero-order valence-corrected chi connectivity index (χ0v) is 18.1. The number of hydrogen-bond acceptors (Lipinski definition) is 4. The Bertz CT molecular complexity index is 959. The number of carbonyl (C=O) groups is 1. The van der Waals surface area contributed by atoms with Gasteiger partial charge in [0.1, 0.15) is 0 Å². The number of halogens is 1. The van der Waals surface area contributed by atoms with E-state index in [2.05, 4.69) is 38.4 Å². The fourth-order valence-corrected chi connectivity index (χ4v) is 4.21. The van der Waals surface area contributed by atoms with E-state index >= 15 is 0 Å². The Morgan fingerprint density at radius 2 is 1.74 bits per heavy atom. The Morgan fingerprint density at radius 1 is 1.11 bits per heavy atom. The van der Waals surface area contributed by atoms with E-state index in [4.69, 9.17) is 0 Å². The molecule has 0 bridgehead atoms. The molecule has 0 radical (unpaired) electrons. The number of nitrogens with zero attached hydrogens (tertiary/aromatic N) is 3. The Hall–Kier alpha value is -2.12. The molecule has 0 fully saturated rings. The second kappa shape index (κ2) is 8.27. The van der Waals surface area contributed by atoms with Crippen molar-refractivity contribution in [3.05, 3.63) is 57.6 Å². The Kier molecular flexibility index (Phi) is 6.01. The fraction of sp³-hybridized carbons (Fsp3) is 0.250. The predicted molar refractivity (Wildman–Crippen MR) is 114 cm³/mol. The molecular formula is C20H21BrN4OS. The van der Waals surface area contributed by atoms with Gasteiger partial charge in [0.05, 0.1) is 5.75 Å². The molecule has 0 unspecified atom stereocenters. The van der Waals surface area contributed by atoms with E-state index in [1.165, 1.54) is 17.3 Å². The van der Waals surface area contributed by atoms with Crippen LogP contribution in [0.15, 0.2) is 46.0 Å². The monoisotopic (exact) mass is 444 g/mol. The normalized spacial score (nSPS) is 10.9. The van der Waals surface area contributed by atoms with Gasteiger partial charge >= 0.3 is 0 Å². The molecule has 0 aliphatic rings. The van der Waals surface area contributed by atoms with Crippen LogP contribution < -0.4 is 5.32 Å². The zero-order valence-electron chi connectivity index (χ0n) is 15.7. The number of benzene rings is 2. The van der Waals surface area contributed by atoms with Gasteiger partial charge in [-0.2, -0.15) is 0 Å². The van der Waals surface area contributed by atoms with Crippen molar-refractivity contribution in [2.45, 2.75) is 25.9 Å². The molecule has 0 atom stereocenters. The molecule has 3 aromatic rings. The van der Waals surface area contributed by atoms with Crippen LogP contribution in [-0.2, 0) is 11.8 Å². The van der Waals surface area contributed by atoms with Crippen molar-refractivity contribution in [1.82, 2.24) is 14.8 Å². The summed E-state index contributed by atoms with van der Waals surface area (Å²) in [6.07, 6.45) is 0. The first-order valence-electron chi connectivity index (χ1n) is 8.51. The van der Waals surface area contributed by atoms with Crippen LogP contribution in [0.4, 0.5) is 5.69 Å². The van der Waals surface area contributed by atoms with Crippen LogP contribution in [0.2, 0.25) is 0 Å². The molecule has 0 saturated carbocycles. The van der Waals surface area contributed by atoms with Gasteiger partial charge in [0, 0.05) is 22.8 Å². The summed E-state index contributed by atoms with van der Waals surface area (Å²) in [5, 5.41) is 12.2. The molecule has 3 rings (SSSR count). The summed E-state index contributed by atoms with van der Waals surface area (Å²) in [4.78, 5) is 12.4. The second-order valence-electron chi connectivity index (χ2n) is 6.48. The Balaban J connectivity index is 1.67. The number of hydrogen-bond donors (Lipinski definition) is 1. The topological polar surface area (TPSA) is 59.8 Å². The Morgan fingerprint density at radius 3 is 2.37 bits per heavy atom. The quantitative estimate of drug-likeness (QED) is 0.568. The van der Waals surface area contributed by atoms with Gasteiger partial charge in [-0.25, -0.2) is 0 Å². The summed E-state index contributed by atoms with van der Waals surface area (Å²) in [5.74, 6) is 1.00. The summed E-state index contributed by atoms with van der Waals surface area (Å²) in [6.45, 7) is 6.02. The lowest BCUT2D eigenvalue weighted by Gasteiger charge is -2.12. The fourth-order valence-electron chi connectivity index (χ4n) is 2.81. The average Bonchev–Trinajstić information content (AvgIpc) is 2.98. The number of carbonyl (C=O) groups excluding carboxylic acids is 1. The van der Waals surface area contributed by atoms with Gasteiger partial charge in [-0.15, -0.1) is 10.2 Å². The first-order chi connectivity index (χ1) is 12.8. The van der Waals surface area contributed by atoms with Crippen LogP contribution in [0.25, 0.3) is 11.4 Å². The van der Waals surface area contributed by atoms with Crippen molar-refractivity contribution in [2.75, 3.05) is 11.1 Å². The van der Waals surface area contributed by atoms with Crippen molar-refractivity contribution in [3.8, 4) is 11.4 Å². The summed E-state index contributed by atoms with van der Waals surface area (Å²) in [6, 6.07) is 12.1. The predicted octanol–water partition coefficient (Wildman–Crippen LogP) is 4.90. The van der Waals surface area contributed by atoms with Crippen LogP contribution in [0.5, 0.6) is 0 Å². The molecular weight excluding hydrogens is 424 g/mol. The third-order valence-electron chi connectivity index (χ3n) is 4.24.